The molecule has 0 aliphatic heterocycles. The van der Waals surface area contributed by atoms with E-state index in [0.29, 0.717) is 17.1 Å². The van der Waals surface area contributed by atoms with Crippen molar-refractivity contribution in [1.29, 1.82) is 0 Å². The lowest BCUT2D eigenvalue weighted by atomic mass is 10.1. The van der Waals surface area contributed by atoms with Gasteiger partial charge in [0.1, 0.15) is 4.47 Å². The molecule has 5 heteroatoms. The molecule has 0 amide bonds. The van der Waals surface area contributed by atoms with Gasteiger partial charge in [-0.1, -0.05) is 31.2 Å². The predicted molar refractivity (Wildman–Crippen MR) is 87.7 cm³/mol. The maximum absolute atomic E-state index is 12.2. The zero-order valence-corrected chi connectivity index (χ0v) is 13.6. The van der Waals surface area contributed by atoms with Crippen molar-refractivity contribution in [2.45, 2.75) is 38.8 Å². The summed E-state index contributed by atoms with van der Waals surface area (Å²) in [5.41, 5.74) is 3.49. The van der Waals surface area contributed by atoms with Crippen LogP contribution in [0.1, 0.15) is 24.5 Å². The third kappa shape index (κ3) is 2.88. The van der Waals surface area contributed by atoms with Gasteiger partial charge in [-0.25, -0.2) is 4.68 Å². The number of nitrogens with zero attached hydrogens (tertiary/aromatic N) is 2. The van der Waals surface area contributed by atoms with Crippen molar-refractivity contribution >= 4 is 21.6 Å². The van der Waals surface area contributed by atoms with Crippen LogP contribution in [0.3, 0.4) is 0 Å². The van der Waals surface area contributed by atoms with E-state index in [1.54, 1.807) is 6.20 Å². The maximum Gasteiger partial charge on any atom is 0.283 e. The molecule has 110 valence electrons. The quantitative estimate of drug-likeness (QED) is 0.924. The number of anilines is 1. The maximum atomic E-state index is 12.2. The van der Waals surface area contributed by atoms with Crippen LogP contribution in [0.5, 0.6) is 0 Å². The van der Waals surface area contributed by atoms with Gasteiger partial charge in [0.2, 0.25) is 0 Å². The lowest BCUT2D eigenvalue weighted by Gasteiger charge is -2.15. The molecule has 1 N–H and O–H groups in total. The minimum absolute atomic E-state index is 0.0719. The zero-order chi connectivity index (χ0) is 14.8. The second-order valence-corrected chi connectivity index (χ2v) is 6.21. The van der Waals surface area contributed by atoms with Crippen LogP contribution in [0.25, 0.3) is 0 Å². The molecule has 0 radical (unpaired) electrons. The zero-order valence-electron chi connectivity index (χ0n) is 12.0. The lowest BCUT2D eigenvalue weighted by molar-refractivity contribution is 0.565. The Hall–Kier alpha value is -1.62. The molecular formula is C16H18BrN3O. The lowest BCUT2D eigenvalue weighted by Crippen LogP contribution is -2.27. The number of nitrogens with one attached hydrogen (secondary N) is 1. The van der Waals surface area contributed by atoms with E-state index < -0.39 is 0 Å². The van der Waals surface area contributed by atoms with Gasteiger partial charge in [-0.2, -0.15) is 5.10 Å². The highest BCUT2D eigenvalue weighted by Crippen LogP contribution is 2.26. The number of aryl methyl sites for hydroxylation is 1. The minimum atomic E-state index is -0.0719. The average Bonchev–Trinajstić information content (AvgIpc) is 2.89. The Morgan fingerprint density at radius 3 is 2.62 bits per heavy atom. The van der Waals surface area contributed by atoms with Gasteiger partial charge >= 0.3 is 0 Å². The highest BCUT2D eigenvalue weighted by atomic mass is 79.9. The van der Waals surface area contributed by atoms with E-state index in [0.717, 1.165) is 24.9 Å². The molecular weight excluding hydrogens is 330 g/mol. The molecule has 1 aromatic heterocycles. The van der Waals surface area contributed by atoms with Gasteiger partial charge in [0.05, 0.1) is 11.9 Å². The SMILES string of the molecule is CCCn1ncc(NC2Cc3ccccc3C2)c(Br)c1=O. The van der Waals surface area contributed by atoms with E-state index in [1.165, 1.54) is 15.8 Å². The first-order valence-electron chi connectivity index (χ1n) is 7.28. The van der Waals surface area contributed by atoms with Gasteiger partial charge in [-0.3, -0.25) is 4.79 Å². The van der Waals surface area contributed by atoms with Crippen molar-refractivity contribution in [2.75, 3.05) is 5.32 Å². The van der Waals surface area contributed by atoms with Crippen LogP contribution >= 0.6 is 15.9 Å². The molecule has 0 atom stereocenters. The third-order valence-corrected chi connectivity index (χ3v) is 4.60. The van der Waals surface area contributed by atoms with E-state index in [1.807, 2.05) is 6.92 Å². The molecule has 1 aliphatic carbocycles. The van der Waals surface area contributed by atoms with Gasteiger partial charge in [-0.15, -0.1) is 0 Å². The summed E-state index contributed by atoms with van der Waals surface area (Å²) in [7, 11) is 0. The number of aromatic nitrogens is 2. The van der Waals surface area contributed by atoms with Crippen LogP contribution in [0, 0.1) is 0 Å². The third-order valence-electron chi connectivity index (χ3n) is 3.83. The minimum Gasteiger partial charge on any atom is -0.379 e. The summed E-state index contributed by atoms with van der Waals surface area (Å²) in [5, 5.41) is 7.68. The molecule has 21 heavy (non-hydrogen) atoms. The monoisotopic (exact) mass is 347 g/mol. The van der Waals surface area contributed by atoms with E-state index in [9.17, 15) is 4.79 Å². The van der Waals surface area contributed by atoms with Crippen molar-refractivity contribution in [3.8, 4) is 0 Å². The van der Waals surface area contributed by atoms with Gasteiger partial charge in [-0.05, 0) is 46.3 Å². The predicted octanol–water partition coefficient (Wildman–Crippen LogP) is 3.00. The van der Waals surface area contributed by atoms with Gasteiger partial charge in [0.25, 0.3) is 5.56 Å². The fourth-order valence-electron chi connectivity index (χ4n) is 2.82. The van der Waals surface area contributed by atoms with Crippen LogP contribution in [-0.2, 0) is 19.4 Å². The number of rotatable bonds is 4. The van der Waals surface area contributed by atoms with Crippen molar-refractivity contribution in [1.82, 2.24) is 9.78 Å². The second kappa shape index (κ2) is 6.02. The number of fused-ring (bicyclic) bond motifs is 1. The Morgan fingerprint density at radius 1 is 1.33 bits per heavy atom. The highest BCUT2D eigenvalue weighted by Gasteiger charge is 2.22. The molecule has 0 saturated carbocycles. The fourth-order valence-corrected chi connectivity index (χ4v) is 3.24. The number of hydrogen-bond acceptors (Lipinski definition) is 3. The van der Waals surface area contributed by atoms with Gasteiger partial charge in [0.15, 0.2) is 0 Å². The molecule has 0 fully saturated rings. The summed E-state index contributed by atoms with van der Waals surface area (Å²) in [6, 6.07) is 8.81. The molecule has 4 nitrogen and oxygen atoms in total. The van der Waals surface area contributed by atoms with Crippen LogP contribution in [0.15, 0.2) is 39.7 Å². The Kier molecular flexibility index (Phi) is 4.10. The van der Waals surface area contributed by atoms with Crippen LogP contribution in [0.2, 0.25) is 0 Å². The Balaban J connectivity index is 1.78. The summed E-state index contributed by atoms with van der Waals surface area (Å²) in [5.74, 6) is 0. The Morgan fingerprint density at radius 2 is 2.00 bits per heavy atom. The first kappa shape index (κ1) is 14.3. The Bertz CT molecular complexity index is 686. The number of hydrogen-bond donors (Lipinski definition) is 1. The normalized spacial score (nSPS) is 14.2. The summed E-state index contributed by atoms with van der Waals surface area (Å²) in [4.78, 5) is 12.2. The average molecular weight is 348 g/mol. The molecule has 1 aromatic carbocycles. The molecule has 2 aromatic rings. The summed E-state index contributed by atoms with van der Waals surface area (Å²) < 4.78 is 2.07. The molecule has 1 aliphatic rings. The first-order chi connectivity index (χ1) is 10.2. The standard InChI is InChI=1S/C16H18BrN3O/c1-2-7-20-16(21)15(17)14(10-18-20)19-13-8-11-5-3-4-6-12(11)9-13/h3-6,10,13,19H,2,7-9H2,1H3. The van der Waals surface area contributed by atoms with E-state index in [-0.39, 0.29) is 5.56 Å². The molecule has 1 heterocycles. The smallest absolute Gasteiger partial charge is 0.283 e. The van der Waals surface area contributed by atoms with Crippen LogP contribution < -0.4 is 10.9 Å². The largest absolute Gasteiger partial charge is 0.379 e. The summed E-state index contributed by atoms with van der Waals surface area (Å²) in [6.07, 6.45) is 4.61. The summed E-state index contributed by atoms with van der Waals surface area (Å²) in [6.45, 7) is 2.68. The first-order valence-corrected chi connectivity index (χ1v) is 8.07. The molecule has 0 saturated heterocycles. The second-order valence-electron chi connectivity index (χ2n) is 5.42. The van der Waals surface area contributed by atoms with E-state index in [4.69, 9.17) is 0 Å². The summed E-state index contributed by atoms with van der Waals surface area (Å²) >= 11 is 3.41. The van der Waals surface area contributed by atoms with Gasteiger partial charge in [0, 0.05) is 12.6 Å². The van der Waals surface area contributed by atoms with Crippen molar-refractivity contribution in [2.24, 2.45) is 0 Å². The number of benzene rings is 1. The molecule has 3 rings (SSSR count). The Labute approximate surface area is 132 Å². The topological polar surface area (TPSA) is 46.9 Å². The van der Waals surface area contributed by atoms with Crippen molar-refractivity contribution in [3.63, 3.8) is 0 Å². The van der Waals surface area contributed by atoms with Crippen molar-refractivity contribution < 1.29 is 0 Å². The van der Waals surface area contributed by atoms with E-state index >= 15 is 0 Å². The van der Waals surface area contributed by atoms with E-state index in [2.05, 4.69) is 50.6 Å². The fraction of sp³-hybridized carbons (Fsp3) is 0.375. The number of halogens is 1. The van der Waals surface area contributed by atoms with Crippen LogP contribution in [0.4, 0.5) is 5.69 Å². The molecule has 0 bridgehead atoms. The van der Waals surface area contributed by atoms with Crippen LogP contribution in [-0.4, -0.2) is 15.8 Å². The molecule has 0 spiro atoms. The molecule has 0 unspecified atom stereocenters. The van der Waals surface area contributed by atoms with Crippen molar-refractivity contribution in [3.05, 3.63) is 56.4 Å². The van der Waals surface area contributed by atoms with Gasteiger partial charge < -0.3 is 5.32 Å². The highest BCUT2D eigenvalue weighted by molar-refractivity contribution is 9.10.